The first-order chi connectivity index (χ1) is 9.97. The van der Waals surface area contributed by atoms with Gasteiger partial charge in [0.05, 0.1) is 0 Å². The summed E-state index contributed by atoms with van der Waals surface area (Å²) in [5, 5.41) is 7.57. The van der Waals surface area contributed by atoms with Crippen molar-refractivity contribution in [2.75, 3.05) is 7.05 Å². The first-order valence-electron chi connectivity index (χ1n) is 6.83. The first-order valence-corrected chi connectivity index (χ1v) is 6.83. The van der Waals surface area contributed by atoms with Gasteiger partial charge in [0.1, 0.15) is 11.7 Å². The molecule has 2 rings (SSSR count). The number of aryl methyl sites for hydroxylation is 1. The van der Waals surface area contributed by atoms with Crippen molar-refractivity contribution in [1.82, 2.24) is 4.90 Å². The summed E-state index contributed by atoms with van der Waals surface area (Å²) in [7, 11) is 2.00. The third kappa shape index (κ3) is 3.89. The van der Waals surface area contributed by atoms with Crippen molar-refractivity contribution in [3.05, 3.63) is 70.5 Å². The van der Waals surface area contributed by atoms with Crippen LogP contribution in [-0.4, -0.2) is 17.8 Å². The minimum Gasteiger partial charge on any atom is -0.384 e. The van der Waals surface area contributed by atoms with E-state index in [-0.39, 0.29) is 11.7 Å². The van der Waals surface area contributed by atoms with E-state index in [2.05, 4.69) is 24.0 Å². The summed E-state index contributed by atoms with van der Waals surface area (Å²) in [5.41, 5.74) is 9.36. The second kappa shape index (κ2) is 6.50. The van der Waals surface area contributed by atoms with Crippen LogP contribution in [0, 0.1) is 18.2 Å². The molecule has 0 unspecified atom stereocenters. The van der Waals surface area contributed by atoms with E-state index >= 15 is 0 Å². The van der Waals surface area contributed by atoms with E-state index in [1.54, 1.807) is 6.07 Å². The van der Waals surface area contributed by atoms with E-state index in [1.165, 1.54) is 23.3 Å². The second-order valence-electron chi connectivity index (χ2n) is 5.31. The molecule has 2 aromatic rings. The average molecular weight is 285 g/mol. The molecule has 0 aromatic heterocycles. The molecule has 3 N–H and O–H groups in total. The van der Waals surface area contributed by atoms with E-state index in [1.807, 2.05) is 19.2 Å². The van der Waals surface area contributed by atoms with Crippen molar-refractivity contribution >= 4 is 5.84 Å². The lowest BCUT2D eigenvalue weighted by molar-refractivity contribution is 0.318. The van der Waals surface area contributed by atoms with Crippen LogP contribution < -0.4 is 5.73 Å². The average Bonchev–Trinajstić information content (AvgIpc) is 2.43. The molecule has 0 amide bonds. The smallest absolute Gasteiger partial charge is 0.123 e. The number of nitrogen functional groups attached to an aromatic ring is 1. The maximum atomic E-state index is 13.3. The van der Waals surface area contributed by atoms with Crippen molar-refractivity contribution in [2.24, 2.45) is 5.73 Å². The van der Waals surface area contributed by atoms with Gasteiger partial charge in [-0.3, -0.25) is 10.3 Å². The number of hydrogen-bond donors (Lipinski definition) is 2. The lowest BCUT2D eigenvalue weighted by atomic mass is 10.0. The zero-order valence-corrected chi connectivity index (χ0v) is 12.4. The lowest BCUT2D eigenvalue weighted by Crippen LogP contribution is -2.21. The number of amidine groups is 1. The number of benzene rings is 2. The molecule has 21 heavy (non-hydrogen) atoms. The fourth-order valence-corrected chi connectivity index (χ4v) is 2.36. The molecule has 0 aliphatic heterocycles. The van der Waals surface area contributed by atoms with Crippen molar-refractivity contribution in [3.8, 4) is 0 Å². The second-order valence-corrected chi connectivity index (χ2v) is 5.31. The Bertz CT molecular complexity index is 652. The minimum atomic E-state index is -0.370. The molecule has 0 bridgehead atoms. The molecule has 0 atom stereocenters. The Morgan fingerprint density at radius 3 is 2.48 bits per heavy atom. The first kappa shape index (κ1) is 15.2. The van der Waals surface area contributed by atoms with Gasteiger partial charge in [0, 0.05) is 18.7 Å². The van der Waals surface area contributed by atoms with Gasteiger partial charge in [-0.1, -0.05) is 30.3 Å². The molecule has 4 heteroatoms. The van der Waals surface area contributed by atoms with Crippen LogP contribution in [-0.2, 0) is 13.1 Å². The zero-order chi connectivity index (χ0) is 15.4. The number of halogens is 1. The SMILES string of the molecule is Cc1ccccc1CN(C)Cc1ccc(F)cc1C(=N)N. The Kier molecular flexibility index (Phi) is 4.70. The summed E-state index contributed by atoms with van der Waals surface area (Å²) in [5.74, 6) is -0.473. The van der Waals surface area contributed by atoms with Gasteiger partial charge >= 0.3 is 0 Å². The quantitative estimate of drug-likeness (QED) is 0.655. The Morgan fingerprint density at radius 2 is 1.81 bits per heavy atom. The van der Waals surface area contributed by atoms with Crippen LogP contribution in [0.5, 0.6) is 0 Å². The van der Waals surface area contributed by atoms with Gasteiger partial charge in [-0.25, -0.2) is 4.39 Å². The third-order valence-electron chi connectivity index (χ3n) is 3.50. The van der Waals surface area contributed by atoms with Gasteiger partial charge in [0.2, 0.25) is 0 Å². The molecular formula is C17H20FN3. The summed E-state index contributed by atoms with van der Waals surface area (Å²) in [6.07, 6.45) is 0. The molecule has 3 nitrogen and oxygen atoms in total. The highest BCUT2D eigenvalue weighted by atomic mass is 19.1. The zero-order valence-electron chi connectivity index (χ0n) is 12.4. The molecule has 0 aliphatic rings. The Balaban J connectivity index is 2.15. The maximum absolute atomic E-state index is 13.3. The minimum absolute atomic E-state index is 0.103. The summed E-state index contributed by atoms with van der Waals surface area (Å²) in [6, 6.07) is 12.6. The number of nitrogens with zero attached hydrogens (tertiary/aromatic N) is 1. The van der Waals surface area contributed by atoms with Crippen LogP contribution in [0.2, 0.25) is 0 Å². The summed E-state index contributed by atoms with van der Waals surface area (Å²) in [6.45, 7) is 3.49. The maximum Gasteiger partial charge on any atom is 0.123 e. The van der Waals surface area contributed by atoms with Crippen LogP contribution in [0.25, 0.3) is 0 Å². The molecule has 110 valence electrons. The van der Waals surface area contributed by atoms with Gasteiger partial charge < -0.3 is 5.73 Å². The highest BCUT2D eigenvalue weighted by Gasteiger charge is 2.10. The van der Waals surface area contributed by atoms with E-state index in [4.69, 9.17) is 11.1 Å². The van der Waals surface area contributed by atoms with Crippen molar-refractivity contribution in [1.29, 1.82) is 5.41 Å². The van der Waals surface area contributed by atoms with Gasteiger partial charge in [-0.05, 0) is 42.8 Å². The standard InChI is InChI=1S/C17H20FN3/c1-12-5-3-4-6-13(12)10-21(2)11-14-7-8-15(18)9-16(14)17(19)20/h3-9H,10-11H2,1-2H3,(H3,19,20). The summed E-state index contributed by atoms with van der Waals surface area (Å²) < 4.78 is 13.3. The van der Waals surface area contributed by atoms with E-state index in [0.29, 0.717) is 12.1 Å². The van der Waals surface area contributed by atoms with Gasteiger partial charge in [-0.2, -0.15) is 0 Å². The molecule has 0 radical (unpaired) electrons. The van der Waals surface area contributed by atoms with Crippen LogP contribution in [0.1, 0.15) is 22.3 Å². The predicted octanol–water partition coefficient (Wildman–Crippen LogP) is 3.05. The largest absolute Gasteiger partial charge is 0.384 e. The van der Waals surface area contributed by atoms with Crippen LogP contribution in [0.15, 0.2) is 42.5 Å². The summed E-state index contributed by atoms with van der Waals surface area (Å²) >= 11 is 0. The van der Waals surface area contributed by atoms with E-state index in [0.717, 1.165) is 12.1 Å². The molecule has 0 spiro atoms. The Labute approximate surface area is 124 Å². The van der Waals surface area contributed by atoms with E-state index < -0.39 is 0 Å². The molecule has 0 saturated heterocycles. The Hall–Kier alpha value is -2.20. The number of hydrogen-bond acceptors (Lipinski definition) is 2. The molecule has 0 fully saturated rings. The topological polar surface area (TPSA) is 53.1 Å². The molecular weight excluding hydrogens is 265 g/mol. The number of nitrogens with two attached hydrogens (primary N) is 1. The predicted molar refractivity (Wildman–Crippen MR) is 83.8 cm³/mol. The third-order valence-corrected chi connectivity index (χ3v) is 3.50. The molecule has 0 heterocycles. The van der Waals surface area contributed by atoms with Crippen LogP contribution >= 0.6 is 0 Å². The highest BCUT2D eigenvalue weighted by Crippen LogP contribution is 2.15. The fourth-order valence-electron chi connectivity index (χ4n) is 2.36. The fraction of sp³-hybridized carbons (Fsp3) is 0.235. The van der Waals surface area contributed by atoms with Crippen LogP contribution in [0.3, 0.4) is 0 Å². The van der Waals surface area contributed by atoms with E-state index in [9.17, 15) is 4.39 Å². The van der Waals surface area contributed by atoms with Crippen molar-refractivity contribution in [3.63, 3.8) is 0 Å². The summed E-state index contributed by atoms with van der Waals surface area (Å²) in [4.78, 5) is 2.13. The normalized spacial score (nSPS) is 10.9. The highest BCUT2D eigenvalue weighted by molar-refractivity contribution is 5.96. The monoisotopic (exact) mass is 285 g/mol. The van der Waals surface area contributed by atoms with Crippen LogP contribution in [0.4, 0.5) is 4.39 Å². The number of rotatable bonds is 5. The van der Waals surface area contributed by atoms with Gasteiger partial charge in [0.15, 0.2) is 0 Å². The van der Waals surface area contributed by atoms with Crippen molar-refractivity contribution in [2.45, 2.75) is 20.0 Å². The molecule has 0 aliphatic carbocycles. The lowest BCUT2D eigenvalue weighted by Gasteiger charge is -2.19. The van der Waals surface area contributed by atoms with Gasteiger partial charge in [-0.15, -0.1) is 0 Å². The van der Waals surface area contributed by atoms with Gasteiger partial charge in [0.25, 0.3) is 0 Å². The Morgan fingerprint density at radius 1 is 1.14 bits per heavy atom. The molecule has 2 aromatic carbocycles. The van der Waals surface area contributed by atoms with Crippen molar-refractivity contribution < 1.29 is 4.39 Å². The number of nitrogens with one attached hydrogen (secondary N) is 1. The molecule has 0 saturated carbocycles.